The summed E-state index contributed by atoms with van der Waals surface area (Å²) in [6.07, 6.45) is 1.82. The van der Waals surface area contributed by atoms with Gasteiger partial charge in [0.05, 0.1) is 18.7 Å². The number of rotatable bonds is 6. The normalized spacial score (nSPS) is 19.2. The molecule has 1 saturated heterocycles. The van der Waals surface area contributed by atoms with Gasteiger partial charge in [0.1, 0.15) is 0 Å². The van der Waals surface area contributed by atoms with Crippen molar-refractivity contribution in [3.63, 3.8) is 0 Å². The molecule has 0 spiro atoms. The number of aliphatic hydroxyl groups excluding tert-OH is 1. The van der Waals surface area contributed by atoms with Crippen LogP contribution >= 0.6 is 11.6 Å². The molecule has 1 aliphatic rings. The average Bonchev–Trinajstić information content (AvgIpc) is 2.63. The molecule has 1 N–H and O–H groups in total. The van der Waals surface area contributed by atoms with Crippen LogP contribution in [0.5, 0.6) is 0 Å². The summed E-state index contributed by atoms with van der Waals surface area (Å²) in [6.45, 7) is 9.08. The molecule has 2 amide bonds. The van der Waals surface area contributed by atoms with Gasteiger partial charge in [0.2, 0.25) is 5.91 Å². The predicted octanol–water partition coefficient (Wildman–Crippen LogP) is 2.87. The molecule has 2 atom stereocenters. The van der Waals surface area contributed by atoms with Crippen LogP contribution in [0.25, 0.3) is 0 Å². The topological polar surface area (TPSA) is 77.9 Å². The number of hydrogen-bond acceptors (Lipinski definition) is 4. The van der Waals surface area contributed by atoms with E-state index in [0.29, 0.717) is 30.0 Å². The van der Waals surface area contributed by atoms with Crippen LogP contribution in [-0.2, 0) is 9.59 Å². The molecule has 2 unspecified atom stereocenters. The van der Waals surface area contributed by atoms with Gasteiger partial charge >= 0.3 is 0 Å². The third kappa shape index (κ3) is 5.00. The van der Waals surface area contributed by atoms with Crippen LogP contribution in [-0.4, -0.2) is 57.7 Å². The lowest BCUT2D eigenvalue weighted by Gasteiger charge is -2.38. The van der Waals surface area contributed by atoms with Crippen molar-refractivity contribution in [2.75, 3.05) is 13.1 Å². The maximum Gasteiger partial charge on any atom is 0.258 e. The highest BCUT2D eigenvalue weighted by atomic mass is 35.5. The molecule has 0 radical (unpaired) electrons. The van der Waals surface area contributed by atoms with Crippen molar-refractivity contribution in [2.45, 2.75) is 52.2 Å². The maximum absolute atomic E-state index is 12.9. The van der Waals surface area contributed by atoms with E-state index >= 15 is 0 Å². The molecule has 0 saturated carbocycles. The summed E-state index contributed by atoms with van der Waals surface area (Å²) in [6, 6.07) is 2.86. The van der Waals surface area contributed by atoms with Gasteiger partial charge in [-0.15, -0.1) is 0 Å². The van der Waals surface area contributed by atoms with Gasteiger partial charge in [-0.1, -0.05) is 24.2 Å². The van der Waals surface area contributed by atoms with Gasteiger partial charge in [-0.05, 0) is 43.9 Å². The number of carbonyl (C=O) groups is 3. The second kappa shape index (κ2) is 9.34. The molecule has 7 heteroatoms. The average molecular weight is 407 g/mol. The Labute approximate surface area is 170 Å². The van der Waals surface area contributed by atoms with Crippen molar-refractivity contribution < 1.29 is 19.5 Å². The monoisotopic (exact) mass is 406 g/mol. The number of piperidine rings is 1. The molecular formula is C21H27ClN2O4. The first-order chi connectivity index (χ1) is 13.1. The Hall–Kier alpha value is -2.18. The molecule has 1 aromatic rings. The van der Waals surface area contributed by atoms with E-state index in [0.717, 1.165) is 11.1 Å². The van der Waals surface area contributed by atoms with Gasteiger partial charge in [0, 0.05) is 36.7 Å². The Morgan fingerprint density at radius 1 is 1.32 bits per heavy atom. The number of aliphatic hydroxyl groups is 1. The molecule has 2 rings (SSSR count). The van der Waals surface area contributed by atoms with Gasteiger partial charge < -0.3 is 14.9 Å². The summed E-state index contributed by atoms with van der Waals surface area (Å²) in [5, 5.41) is 10.7. The minimum Gasteiger partial charge on any atom is -0.391 e. The van der Waals surface area contributed by atoms with E-state index in [1.807, 2.05) is 19.9 Å². The highest BCUT2D eigenvalue weighted by molar-refractivity contribution is 6.31. The molecule has 1 aromatic carbocycles. The Kier molecular flexibility index (Phi) is 7.38. The summed E-state index contributed by atoms with van der Waals surface area (Å²) in [7, 11) is 0. The van der Waals surface area contributed by atoms with Crippen LogP contribution < -0.4 is 0 Å². The predicted molar refractivity (Wildman–Crippen MR) is 108 cm³/mol. The van der Waals surface area contributed by atoms with E-state index in [4.69, 9.17) is 11.6 Å². The fourth-order valence-corrected chi connectivity index (χ4v) is 3.76. The number of hydrogen-bond donors (Lipinski definition) is 1. The molecule has 0 aromatic heterocycles. The summed E-state index contributed by atoms with van der Waals surface area (Å²) >= 11 is 6.15. The Morgan fingerprint density at radius 3 is 2.61 bits per heavy atom. The van der Waals surface area contributed by atoms with Crippen LogP contribution in [0.2, 0.25) is 5.02 Å². The van der Waals surface area contributed by atoms with Crippen LogP contribution in [0.4, 0.5) is 0 Å². The Bertz CT molecular complexity index is 793. The number of ketones is 1. The van der Waals surface area contributed by atoms with Gasteiger partial charge in [-0.2, -0.15) is 0 Å². The smallest absolute Gasteiger partial charge is 0.258 e. The van der Waals surface area contributed by atoms with E-state index < -0.39 is 12.1 Å². The van der Waals surface area contributed by atoms with E-state index in [2.05, 4.69) is 6.58 Å². The highest BCUT2D eigenvalue weighted by Gasteiger charge is 2.33. The van der Waals surface area contributed by atoms with Crippen LogP contribution in [0.15, 0.2) is 24.9 Å². The van der Waals surface area contributed by atoms with Gasteiger partial charge in [-0.3, -0.25) is 14.4 Å². The number of nitrogens with zero attached hydrogens (tertiary/aromatic N) is 2. The minimum atomic E-state index is -0.743. The summed E-state index contributed by atoms with van der Waals surface area (Å²) in [5.74, 6) is -0.783. The van der Waals surface area contributed by atoms with E-state index in [-0.39, 0.29) is 30.6 Å². The van der Waals surface area contributed by atoms with Crippen molar-refractivity contribution in [2.24, 2.45) is 0 Å². The third-order valence-corrected chi connectivity index (χ3v) is 5.56. The SMILES string of the molecule is C=CN(CC(=O)CC1C(O)CCCN1C(C)=O)C(=O)c1cc(Cl)c(C)cc1C. The molecule has 0 aliphatic carbocycles. The second-order valence-electron chi connectivity index (χ2n) is 7.26. The number of carbonyl (C=O) groups excluding carboxylic acids is 3. The molecule has 6 nitrogen and oxygen atoms in total. The minimum absolute atomic E-state index is 0.00793. The fourth-order valence-electron chi connectivity index (χ4n) is 3.59. The number of benzene rings is 1. The van der Waals surface area contributed by atoms with Crippen molar-refractivity contribution in [3.05, 3.63) is 46.6 Å². The molecule has 1 fully saturated rings. The van der Waals surface area contributed by atoms with Crippen LogP contribution in [0, 0.1) is 13.8 Å². The highest BCUT2D eigenvalue weighted by Crippen LogP contribution is 2.23. The number of likely N-dealkylation sites (tertiary alicyclic amines) is 1. The molecule has 0 bridgehead atoms. The van der Waals surface area contributed by atoms with Gasteiger partial charge in [0.15, 0.2) is 5.78 Å². The lowest BCUT2D eigenvalue weighted by molar-refractivity contribution is -0.138. The first-order valence-electron chi connectivity index (χ1n) is 9.33. The molecule has 1 aliphatic heterocycles. The first kappa shape index (κ1) is 22.1. The fraction of sp³-hybridized carbons (Fsp3) is 0.476. The lowest BCUT2D eigenvalue weighted by Crippen LogP contribution is -2.51. The molecule has 28 heavy (non-hydrogen) atoms. The molecule has 152 valence electrons. The van der Waals surface area contributed by atoms with Gasteiger partial charge in [-0.25, -0.2) is 0 Å². The van der Waals surface area contributed by atoms with Crippen molar-refractivity contribution in [1.29, 1.82) is 0 Å². The summed E-state index contributed by atoms with van der Waals surface area (Å²) in [4.78, 5) is 40.1. The second-order valence-corrected chi connectivity index (χ2v) is 7.67. The van der Waals surface area contributed by atoms with Crippen LogP contribution in [0.1, 0.15) is 47.7 Å². The maximum atomic E-state index is 12.9. The number of Topliss-reactive ketones (excluding diaryl/α,β-unsaturated/α-hetero) is 1. The summed E-state index contributed by atoms with van der Waals surface area (Å²) < 4.78 is 0. The summed E-state index contributed by atoms with van der Waals surface area (Å²) in [5.41, 5.74) is 2.04. The lowest BCUT2D eigenvalue weighted by atomic mass is 9.94. The standard InChI is InChI=1S/C21H27ClN2O4/c1-5-23(21(28)17-11-18(22)14(3)9-13(17)2)12-16(26)10-19-20(27)7-6-8-24(19)15(4)25/h5,9,11,19-20,27H,1,6-8,10,12H2,2-4H3. The van der Waals surface area contributed by atoms with Gasteiger partial charge in [0.25, 0.3) is 5.91 Å². The number of aryl methyl sites for hydroxylation is 2. The van der Waals surface area contributed by atoms with E-state index in [1.54, 1.807) is 6.07 Å². The Morgan fingerprint density at radius 2 is 2.00 bits per heavy atom. The van der Waals surface area contributed by atoms with Crippen molar-refractivity contribution in [1.82, 2.24) is 9.80 Å². The van der Waals surface area contributed by atoms with Crippen molar-refractivity contribution >= 4 is 29.2 Å². The third-order valence-electron chi connectivity index (χ3n) is 5.15. The number of halogens is 1. The van der Waals surface area contributed by atoms with Crippen molar-refractivity contribution in [3.8, 4) is 0 Å². The zero-order valence-electron chi connectivity index (χ0n) is 16.6. The van der Waals surface area contributed by atoms with E-state index in [1.165, 1.54) is 22.9 Å². The molecule has 1 heterocycles. The first-order valence-corrected chi connectivity index (χ1v) is 9.70. The number of amides is 2. The quantitative estimate of drug-likeness (QED) is 0.787. The van der Waals surface area contributed by atoms with Crippen LogP contribution in [0.3, 0.4) is 0 Å². The van der Waals surface area contributed by atoms with E-state index in [9.17, 15) is 19.5 Å². The zero-order chi connectivity index (χ0) is 21.0. The largest absolute Gasteiger partial charge is 0.391 e. The Balaban J connectivity index is 2.12. The zero-order valence-corrected chi connectivity index (χ0v) is 17.3. The molecular weight excluding hydrogens is 380 g/mol.